The largest absolute Gasteiger partial charge is 0.383 e. The zero-order valence-electron chi connectivity index (χ0n) is 11.2. The van der Waals surface area contributed by atoms with Crippen molar-refractivity contribution in [2.75, 3.05) is 43.9 Å². The van der Waals surface area contributed by atoms with Crippen LogP contribution in [-0.4, -0.2) is 48.1 Å². The van der Waals surface area contributed by atoms with E-state index in [1.165, 1.54) is 12.8 Å². The van der Waals surface area contributed by atoms with Crippen LogP contribution in [0.15, 0.2) is 0 Å². The van der Waals surface area contributed by atoms with Crippen molar-refractivity contribution in [3.63, 3.8) is 0 Å². The molecule has 1 saturated carbocycles. The molecule has 2 aliphatic rings. The van der Waals surface area contributed by atoms with E-state index < -0.39 is 0 Å². The van der Waals surface area contributed by atoms with Crippen LogP contribution in [0.5, 0.6) is 0 Å². The number of hydrogen-bond donors (Lipinski definition) is 1. The van der Waals surface area contributed by atoms with E-state index in [4.69, 9.17) is 10.7 Å². The average molecular weight is 247 g/mol. The Morgan fingerprint density at radius 1 is 1.11 bits per heavy atom. The zero-order valence-corrected chi connectivity index (χ0v) is 11.2. The predicted molar refractivity (Wildman–Crippen MR) is 72.9 cm³/mol. The fraction of sp³-hybridized carbons (Fsp3) is 0.692. The molecule has 5 nitrogen and oxygen atoms in total. The summed E-state index contributed by atoms with van der Waals surface area (Å²) in [6, 6.07) is 0. The van der Waals surface area contributed by atoms with Gasteiger partial charge in [0, 0.05) is 37.7 Å². The average Bonchev–Trinajstić information content (AvgIpc) is 3.18. The Hall–Kier alpha value is -1.36. The summed E-state index contributed by atoms with van der Waals surface area (Å²) in [4.78, 5) is 13.9. The van der Waals surface area contributed by atoms with Gasteiger partial charge in [-0.05, 0) is 26.8 Å². The Labute approximate surface area is 108 Å². The van der Waals surface area contributed by atoms with Gasteiger partial charge in [0.1, 0.15) is 17.5 Å². The molecule has 0 spiro atoms. The second-order valence-electron chi connectivity index (χ2n) is 5.48. The summed E-state index contributed by atoms with van der Waals surface area (Å²) in [5, 5.41) is 0. The quantitative estimate of drug-likeness (QED) is 0.845. The highest BCUT2D eigenvalue weighted by Gasteiger charge is 2.29. The van der Waals surface area contributed by atoms with Crippen LogP contribution in [0.1, 0.15) is 30.1 Å². The van der Waals surface area contributed by atoms with Gasteiger partial charge in [-0.15, -0.1) is 0 Å². The normalized spacial score (nSPS) is 21.3. The molecule has 0 aromatic carbocycles. The van der Waals surface area contributed by atoms with E-state index in [2.05, 4.69) is 21.8 Å². The highest BCUT2D eigenvalue weighted by Crippen LogP contribution is 2.39. The third-order valence-corrected chi connectivity index (χ3v) is 3.92. The van der Waals surface area contributed by atoms with E-state index >= 15 is 0 Å². The molecule has 1 aromatic heterocycles. The van der Waals surface area contributed by atoms with Crippen LogP contribution in [0, 0.1) is 6.92 Å². The number of likely N-dealkylation sites (N-methyl/N-ethyl adjacent to an activating group) is 1. The Morgan fingerprint density at radius 2 is 1.78 bits per heavy atom. The number of hydrogen-bond acceptors (Lipinski definition) is 5. The maximum absolute atomic E-state index is 6.03. The molecule has 0 unspecified atom stereocenters. The van der Waals surface area contributed by atoms with Gasteiger partial charge in [-0.1, -0.05) is 0 Å². The summed E-state index contributed by atoms with van der Waals surface area (Å²) >= 11 is 0. The van der Waals surface area contributed by atoms with Gasteiger partial charge in [0.05, 0.1) is 0 Å². The van der Waals surface area contributed by atoms with Crippen molar-refractivity contribution in [1.82, 2.24) is 14.9 Å². The SMILES string of the molecule is Cc1c(N)nc(C2CC2)nc1N1CCN(C)CC1. The number of nitrogen functional groups attached to an aromatic ring is 1. The molecule has 1 saturated heterocycles. The summed E-state index contributed by atoms with van der Waals surface area (Å²) in [7, 11) is 2.16. The minimum Gasteiger partial charge on any atom is -0.383 e. The molecule has 0 bridgehead atoms. The Balaban J connectivity index is 1.89. The predicted octanol–water partition coefficient (Wildman–Crippen LogP) is 0.996. The van der Waals surface area contributed by atoms with Crippen LogP contribution >= 0.6 is 0 Å². The molecule has 18 heavy (non-hydrogen) atoms. The van der Waals surface area contributed by atoms with Crippen molar-refractivity contribution in [1.29, 1.82) is 0 Å². The highest BCUT2D eigenvalue weighted by molar-refractivity contribution is 5.57. The first kappa shape index (κ1) is 11.7. The molecule has 1 aliphatic carbocycles. The van der Waals surface area contributed by atoms with E-state index in [-0.39, 0.29) is 0 Å². The molecule has 2 fully saturated rings. The molecule has 0 radical (unpaired) electrons. The lowest BCUT2D eigenvalue weighted by molar-refractivity contribution is 0.312. The summed E-state index contributed by atoms with van der Waals surface area (Å²) in [6.07, 6.45) is 2.43. The van der Waals surface area contributed by atoms with Crippen LogP contribution in [0.4, 0.5) is 11.6 Å². The first-order chi connectivity index (χ1) is 8.65. The zero-order chi connectivity index (χ0) is 12.7. The summed E-state index contributed by atoms with van der Waals surface area (Å²) in [5.74, 6) is 3.21. The number of anilines is 2. The lowest BCUT2D eigenvalue weighted by atomic mass is 10.2. The van der Waals surface area contributed by atoms with Gasteiger partial charge < -0.3 is 15.5 Å². The Bertz CT molecular complexity index is 447. The second kappa shape index (κ2) is 4.39. The van der Waals surface area contributed by atoms with Crippen LogP contribution in [0.25, 0.3) is 0 Å². The van der Waals surface area contributed by atoms with Crippen LogP contribution in [0.3, 0.4) is 0 Å². The maximum Gasteiger partial charge on any atom is 0.137 e. The first-order valence-electron chi connectivity index (χ1n) is 6.72. The molecule has 0 amide bonds. The van der Waals surface area contributed by atoms with Gasteiger partial charge in [0.2, 0.25) is 0 Å². The topological polar surface area (TPSA) is 58.3 Å². The molecule has 98 valence electrons. The van der Waals surface area contributed by atoms with Gasteiger partial charge in [-0.25, -0.2) is 9.97 Å². The van der Waals surface area contributed by atoms with Crippen molar-refractivity contribution in [2.45, 2.75) is 25.7 Å². The Morgan fingerprint density at radius 3 is 2.39 bits per heavy atom. The molecule has 2 heterocycles. The molecule has 1 aliphatic heterocycles. The van der Waals surface area contributed by atoms with Crippen molar-refractivity contribution in [3.8, 4) is 0 Å². The van der Waals surface area contributed by atoms with Crippen molar-refractivity contribution < 1.29 is 0 Å². The van der Waals surface area contributed by atoms with Gasteiger partial charge in [0.15, 0.2) is 0 Å². The fourth-order valence-electron chi connectivity index (χ4n) is 2.39. The van der Waals surface area contributed by atoms with Gasteiger partial charge in [-0.2, -0.15) is 0 Å². The van der Waals surface area contributed by atoms with Gasteiger partial charge in [0.25, 0.3) is 0 Å². The summed E-state index contributed by atoms with van der Waals surface area (Å²) < 4.78 is 0. The van der Waals surface area contributed by atoms with Crippen LogP contribution in [-0.2, 0) is 0 Å². The van der Waals surface area contributed by atoms with Gasteiger partial charge in [-0.3, -0.25) is 0 Å². The van der Waals surface area contributed by atoms with Crippen LogP contribution < -0.4 is 10.6 Å². The number of aromatic nitrogens is 2. The lowest BCUT2D eigenvalue weighted by Crippen LogP contribution is -2.45. The standard InChI is InChI=1S/C13H21N5/c1-9-11(14)15-12(10-3-4-10)16-13(9)18-7-5-17(2)6-8-18/h10H,3-8H2,1-2H3,(H2,14,15,16). The highest BCUT2D eigenvalue weighted by atomic mass is 15.3. The fourth-order valence-corrected chi connectivity index (χ4v) is 2.39. The first-order valence-corrected chi connectivity index (χ1v) is 6.72. The third-order valence-electron chi connectivity index (χ3n) is 3.92. The molecule has 1 aromatic rings. The number of nitrogens with zero attached hydrogens (tertiary/aromatic N) is 4. The molecular weight excluding hydrogens is 226 g/mol. The second-order valence-corrected chi connectivity index (χ2v) is 5.48. The Kier molecular flexibility index (Phi) is 2.86. The molecule has 2 N–H and O–H groups in total. The van der Waals surface area contributed by atoms with Crippen LogP contribution in [0.2, 0.25) is 0 Å². The monoisotopic (exact) mass is 247 g/mol. The number of nitrogens with two attached hydrogens (primary N) is 1. The number of piperazine rings is 1. The van der Waals surface area contributed by atoms with Crippen molar-refractivity contribution >= 4 is 11.6 Å². The van der Waals surface area contributed by atoms with Crippen molar-refractivity contribution in [3.05, 3.63) is 11.4 Å². The van der Waals surface area contributed by atoms with Gasteiger partial charge >= 0.3 is 0 Å². The third kappa shape index (κ3) is 2.14. The lowest BCUT2D eigenvalue weighted by Gasteiger charge is -2.34. The smallest absolute Gasteiger partial charge is 0.137 e. The molecule has 0 atom stereocenters. The molecule has 3 rings (SSSR count). The van der Waals surface area contributed by atoms with E-state index in [0.29, 0.717) is 11.7 Å². The summed E-state index contributed by atoms with van der Waals surface area (Å²) in [5.41, 5.74) is 7.06. The van der Waals surface area contributed by atoms with E-state index in [9.17, 15) is 0 Å². The maximum atomic E-state index is 6.03. The van der Waals surface area contributed by atoms with E-state index in [1.54, 1.807) is 0 Å². The molecule has 5 heteroatoms. The van der Waals surface area contributed by atoms with E-state index in [0.717, 1.165) is 43.4 Å². The summed E-state index contributed by atoms with van der Waals surface area (Å²) in [6.45, 7) is 6.25. The molecular formula is C13H21N5. The minimum absolute atomic E-state index is 0.555. The minimum atomic E-state index is 0.555. The van der Waals surface area contributed by atoms with Crippen molar-refractivity contribution in [2.24, 2.45) is 0 Å². The number of rotatable bonds is 2. The van der Waals surface area contributed by atoms with E-state index in [1.807, 2.05) is 6.92 Å².